The first kappa shape index (κ1) is 16.5. The molecule has 2 N–H and O–H groups in total. The van der Waals surface area contributed by atoms with Crippen molar-refractivity contribution in [3.8, 4) is 0 Å². The molecule has 0 unspecified atom stereocenters. The van der Waals surface area contributed by atoms with Crippen LogP contribution in [0.4, 0.5) is 10.7 Å². The van der Waals surface area contributed by atoms with Gasteiger partial charge in [-0.1, -0.05) is 13.8 Å². The van der Waals surface area contributed by atoms with Gasteiger partial charge in [-0.15, -0.1) is 11.3 Å². The number of carbonyl (C=O) groups is 2. The van der Waals surface area contributed by atoms with E-state index >= 15 is 0 Å². The van der Waals surface area contributed by atoms with Crippen LogP contribution in [0.3, 0.4) is 0 Å². The summed E-state index contributed by atoms with van der Waals surface area (Å²) >= 11 is 1.27. The summed E-state index contributed by atoms with van der Waals surface area (Å²) in [7, 11) is 1.31. The zero-order chi connectivity index (χ0) is 15.4. The number of hydrogen-bond donors (Lipinski definition) is 1. The van der Waals surface area contributed by atoms with Gasteiger partial charge < -0.3 is 15.4 Å². The maximum atomic E-state index is 12.2. The monoisotopic (exact) mass is 298 g/mol. The quantitative estimate of drug-likeness (QED) is 0.646. The Balaban J connectivity index is 3.46. The molecule has 20 heavy (non-hydrogen) atoms. The number of nitrogens with zero attached hydrogens (tertiary/aromatic N) is 1. The van der Waals surface area contributed by atoms with Crippen LogP contribution in [0.2, 0.25) is 0 Å². The van der Waals surface area contributed by atoms with Gasteiger partial charge in [-0.2, -0.15) is 0 Å². The van der Waals surface area contributed by atoms with Gasteiger partial charge in [0.15, 0.2) is 5.78 Å². The summed E-state index contributed by atoms with van der Waals surface area (Å²) in [5.74, 6) is -0.703. The maximum Gasteiger partial charge on any atom is 0.343 e. The summed E-state index contributed by atoms with van der Waals surface area (Å²) < 4.78 is 4.80. The molecule has 6 heteroatoms. The fourth-order valence-corrected chi connectivity index (χ4v) is 3.33. The number of nitrogens with two attached hydrogens (primary N) is 1. The van der Waals surface area contributed by atoms with Crippen LogP contribution in [0.5, 0.6) is 0 Å². The highest BCUT2D eigenvalue weighted by Gasteiger charge is 2.28. The van der Waals surface area contributed by atoms with Gasteiger partial charge in [-0.3, -0.25) is 4.79 Å². The van der Waals surface area contributed by atoms with Crippen LogP contribution in [0.1, 0.15) is 47.7 Å². The molecule has 0 amide bonds. The van der Waals surface area contributed by atoms with Gasteiger partial charge in [0.05, 0.1) is 17.7 Å². The summed E-state index contributed by atoms with van der Waals surface area (Å²) in [6.45, 7) is 9.08. The maximum absolute atomic E-state index is 12.2. The zero-order valence-electron chi connectivity index (χ0n) is 12.6. The number of esters is 1. The van der Waals surface area contributed by atoms with Crippen molar-refractivity contribution >= 4 is 33.8 Å². The number of Topliss-reactive ketones (excluding diaryl/α,β-unsaturated/α-hetero) is 1. The summed E-state index contributed by atoms with van der Waals surface area (Å²) in [6, 6.07) is 0. The molecule has 0 atom stereocenters. The van der Waals surface area contributed by atoms with Gasteiger partial charge in [0.1, 0.15) is 10.6 Å². The Bertz CT molecular complexity index is 505. The van der Waals surface area contributed by atoms with Crippen LogP contribution < -0.4 is 10.6 Å². The van der Waals surface area contributed by atoms with Crippen molar-refractivity contribution in [2.75, 3.05) is 30.8 Å². The van der Waals surface area contributed by atoms with Crippen molar-refractivity contribution in [3.63, 3.8) is 0 Å². The molecule has 5 nitrogen and oxygen atoms in total. The number of methoxy groups -OCH3 is 1. The van der Waals surface area contributed by atoms with Crippen molar-refractivity contribution in [2.24, 2.45) is 5.92 Å². The SMILES string of the molecule is CCN(CC)c1sc(C(=O)C(C)C)c(N)c1C(=O)OC. The van der Waals surface area contributed by atoms with Crippen LogP contribution in [-0.2, 0) is 4.74 Å². The molecular weight excluding hydrogens is 276 g/mol. The lowest BCUT2D eigenvalue weighted by Gasteiger charge is -2.20. The fourth-order valence-electron chi connectivity index (χ4n) is 1.91. The molecular formula is C14H22N2O3S. The molecule has 1 aromatic heterocycles. The molecule has 0 bridgehead atoms. The van der Waals surface area contributed by atoms with E-state index in [4.69, 9.17) is 10.5 Å². The molecule has 0 saturated carbocycles. The highest BCUT2D eigenvalue weighted by molar-refractivity contribution is 7.19. The van der Waals surface area contributed by atoms with Gasteiger partial charge in [0, 0.05) is 19.0 Å². The van der Waals surface area contributed by atoms with Gasteiger partial charge in [0.25, 0.3) is 0 Å². The number of nitrogen functional groups attached to an aromatic ring is 1. The van der Waals surface area contributed by atoms with Gasteiger partial charge in [-0.25, -0.2) is 4.79 Å². The molecule has 0 spiro atoms. The Hall–Kier alpha value is -1.56. The largest absolute Gasteiger partial charge is 0.465 e. The molecule has 112 valence electrons. The summed E-state index contributed by atoms with van der Waals surface area (Å²) in [5, 5.41) is 0.711. The lowest BCUT2D eigenvalue weighted by molar-refractivity contribution is 0.0603. The van der Waals surface area contributed by atoms with Crippen LogP contribution in [0.15, 0.2) is 0 Å². The number of carbonyl (C=O) groups excluding carboxylic acids is 2. The average Bonchev–Trinajstić information content (AvgIpc) is 2.76. The number of hydrogen-bond acceptors (Lipinski definition) is 6. The molecule has 1 rings (SSSR count). The van der Waals surface area contributed by atoms with Crippen molar-refractivity contribution in [1.82, 2.24) is 0 Å². The van der Waals surface area contributed by atoms with E-state index in [0.29, 0.717) is 15.4 Å². The minimum Gasteiger partial charge on any atom is -0.465 e. The van der Waals surface area contributed by atoms with Crippen LogP contribution >= 0.6 is 11.3 Å². The van der Waals surface area contributed by atoms with Crippen molar-refractivity contribution in [2.45, 2.75) is 27.7 Å². The number of ketones is 1. The standard InChI is InChI=1S/C14H22N2O3S/c1-6-16(7-2)13-9(14(18)19-5)10(15)12(20-13)11(17)8(3)4/h8H,6-7,15H2,1-5H3. The summed E-state index contributed by atoms with van der Waals surface area (Å²) in [5.41, 5.74) is 6.58. The minimum absolute atomic E-state index is 0.0453. The number of thiophene rings is 1. The third-order valence-electron chi connectivity index (χ3n) is 3.11. The number of rotatable bonds is 6. The molecule has 0 aliphatic rings. The lowest BCUT2D eigenvalue weighted by atomic mass is 10.1. The van der Waals surface area contributed by atoms with Crippen molar-refractivity contribution in [3.05, 3.63) is 10.4 Å². The molecule has 0 aliphatic carbocycles. The predicted molar refractivity (Wildman–Crippen MR) is 82.8 cm³/mol. The summed E-state index contributed by atoms with van der Waals surface area (Å²) in [4.78, 5) is 26.6. The normalized spacial score (nSPS) is 10.7. The van der Waals surface area contributed by atoms with E-state index in [9.17, 15) is 9.59 Å². The second kappa shape index (κ2) is 6.74. The second-order valence-electron chi connectivity index (χ2n) is 4.71. The smallest absolute Gasteiger partial charge is 0.343 e. The van der Waals surface area contributed by atoms with E-state index in [1.807, 2.05) is 32.6 Å². The van der Waals surface area contributed by atoms with Gasteiger partial charge in [0.2, 0.25) is 0 Å². The molecule has 0 fully saturated rings. The van der Waals surface area contributed by atoms with Crippen molar-refractivity contribution < 1.29 is 14.3 Å². The van der Waals surface area contributed by atoms with Gasteiger partial charge in [-0.05, 0) is 13.8 Å². The van der Waals surface area contributed by atoms with E-state index in [1.54, 1.807) is 0 Å². The first-order valence-electron chi connectivity index (χ1n) is 6.68. The van der Waals surface area contributed by atoms with E-state index in [0.717, 1.165) is 13.1 Å². The lowest BCUT2D eigenvalue weighted by Crippen LogP contribution is -2.23. The Morgan fingerprint density at radius 3 is 2.25 bits per heavy atom. The van der Waals surface area contributed by atoms with Crippen LogP contribution in [-0.4, -0.2) is 32.0 Å². The Morgan fingerprint density at radius 2 is 1.85 bits per heavy atom. The third-order valence-corrected chi connectivity index (χ3v) is 4.40. The number of ether oxygens (including phenoxy) is 1. The Morgan fingerprint density at radius 1 is 1.30 bits per heavy atom. The van der Waals surface area contributed by atoms with E-state index in [2.05, 4.69) is 0 Å². The van der Waals surface area contributed by atoms with E-state index < -0.39 is 5.97 Å². The van der Waals surface area contributed by atoms with E-state index in [-0.39, 0.29) is 17.4 Å². The first-order chi connectivity index (χ1) is 9.38. The molecule has 1 heterocycles. The number of anilines is 2. The molecule has 1 aromatic rings. The fraction of sp³-hybridized carbons (Fsp3) is 0.571. The zero-order valence-corrected chi connectivity index (χ0v) is 13.5. The molecule has 0 saturated heterocycles. The average molecular weight is 298 g/mol. The third kappa shape index (κ3) is 2.95. The Labute approximate surface area is 123 Å². The first-order valence-corrected chi connectivity index (χ1v) is 7.50. The second-order valence-corrected chi connectivity index (χ2v) is 5.71. The Kier molecular flexibility index (Phi) is 5.56. The molecule has 0 radical (unpaired) electrons. The predicted octanol–water partition coefficient (Wildman–Crippen LogP) is 2.80. The molecule has 0 aromatic carbocycles. The summed E-state index contributed by atoms with van der Waals surface area (Å²) in [6.07, 6.45) is 0. The van der Waals surface area contributed by atoms with E-state index in [1.165, 1.54) is 18.4 Å². The van der Waals surface area contributed by atoms with Gasteiger partial charge >= 0.3 is 5.97 Å². The topological polar surface area (TPSA) is 72.6 Å². The van der Waals surface area contributed by atoms with Crippen molar-refractivity contribution in [1.29, 1.82) is 0 Å². The molecule has 0 aliphatic heterocycles. The minimum atomic E-state index is -0.497. The highest BCUT2D eigenvalue weighted by atomic mass is 32.1. The van der Waals surface area contributed by atoms with Crippen LogP contribution in [0, 0.1) is 5.92 Å². The van der Waals surface area contributed by atoms with Crippen LogP contribution in [0.25, 0.3) is 0 Å². The highest BCUT2D eigenvalue weighted by Crippen LogP contribution is 2.39.